The van der Waals surface area contributed by atoms with Crippen LogP contribution in [0.25, 0.3) is 0 Å². The maximum atomic E-state index is 12.2. The van der Waals surface area contributed by atoms with Crippen LogP contribution < -0.4 is 4.90 Å². The van der Waals surface area contributed by atoms with E-state index in [1.165, 1.54) is 9.80 Å². The number of hydrogen-bond donors (Lipinski definition) is 1. The smallest absolute Gasteiger partial charge is 0.328 e. The Labute approximate surface area is 118 Å². The number of rotatable bonds is 3. The first-order valence-electron chi connectivity index (χ1n) is 6.59. The Hall–Kier alpha value is -1.82. The van der Waals surface area contributed by atoms with Gasteiger partial charge in [-0.2, -0.15) is 0 Å². The molecule has 2 heterocycles. The summed E-state index contributed by atoms with van der Waals surface area (Å²) in [6, 6.07) is 1.08. The van der Waals surface area contributed by atoms with Crippen LogP contribution in [0.3, 0.4) is 0 Å². The van der Waals surface area contributed by atoms with E-state index in [0.717, 1.165) is 0 Å². The van der Waals surface area contributed by atoms with Gasteiger partial charge in [-0.3, -0.25) is 0 Å². The first-order chi connectivity index (χ1) is 9.27. The number of aliphatic hydroxyl groups excluding tert-OH is 1. The van der Waals surface area contributed by atoms with Gasteiger partial charge in [0.25, 0.3) is 0 Å². The Balaban J connectivity index is 2.30. The van der Waals surface area contributed by atoms with Crippen molar-refractivity contribution < 1.29 is 14.4 Å². The number of carbonyl (C=O) groups is 1. The van der Waals surface area contributed by atoms with Gasteiger partial charge in [-0.1, -0.05) is 32.0 Å². The van der Waals surface area contributed by atoms with Crippen molar-refractivity contribution in [3.8, 4) is 0 Å². The van der Waals surface area contributed by atoms with Gasteiger partial charge in [-0.15, -0.1) is 6.58 Å². The summed E-state index contributed by atoms with van der Waals surface area (Å²) in [7, 11) is 1.66. The molecule has 1 aliphatic heterocycles. The normalized spacial score (nSPS) is 23.6. The van der Waals surface area contributed by atoms with E-state index < -0.39 is 6.23 Å². The lowest BCUT2D eigenvalue weighted by atomic mass is 9.93. The number of aliphatic hydroxyl groups is 1. The quantitative estimate of drug-likeness (QED) is 0.860. The molecule has 0 saturated carbocycles. The molecule has 6 heteroatoms. The molecule has 1 aliphatic rings. The number of aromatic nitrogens is 1. The molecule has 1 fully saturated rings. The highest BCUT2D eigenvalue weighted by atomic mass is 16.5. The van der Waals surface area contributed by atoms with Gasteiger partial charge < -0.3 is 14.5 Å². The minimum Gasteiger partial charge on any atom is -0.371 e. The standard InChI is InChI=1S/C14H21N3O3/c1-6-7-9-12(18)17(13(19)16(9)5)11-8-10(20-15-11)14(2,3)4/h6,8-9,12,18H,1,7H2,2-5H3. The lowest BCUT2D eigenvalue weighted by molar-refractivity contribution is 0.129. The number of amides is 2. The maximum absolute atomic E-state index is 12.2. The third kappa shape index (κ3) is 2.31. The highest BCUT2D eigenvalue weighted by Crippen LogP contribution is 2.31. The summed E-state index contributed by atoms with van der Waals surface area (Å²) in [5.74, 6) is 1.01. The van der Waals surface area contributed by atoms with Crippen molar-refractivity contribution in [1.82, 2.24) is 10.1 Å². The average molecular weight is 279 g/mol. The first kappa shape index (κ1) is 14.6. The van der Waals surface area contributed by atoms with Crippen LogP contribution in [-0.2, 0) is 5.41 Å². The van der Waals surface area contributed by atoms with Crippen LogP contribution in [0.5, 0.6) is 0 Å². The minimum absolute atomic E-state index is 0.203. The van der Waals surface area contributed by atoms with Crippen molar-refractivity contribution in [2.75, 3.05) is 11.9 Å². The van der Waals surface area contributed by atoms with E-state index in [-0.39, 0.29) is 17.5 Å². The third-order valence-electron chi connectivity index (χ3n) is 3.51. The lowest BCUT2D eigenvalue weighted by Gasteiger charge is -2.19. The largest absolute Gasteiger partial charge is 0.371 e. The minimum atomic E-state index is -0.955. The summed E-state index contributed by atoms with van der Waals surface area (Å²) in [5.41, 5.74) is -0.203. The molecule has 110 valence electrons. The molecule has 1 saturated heterocycles. The fourth-order valence-electron chi connectivity index (χ4n) is 2.21. The molecule has 2 rings (SSSR count). The Morgan fingerprint density at radius 3 is 2.70 bits per heavy atom. The molecule has 6 nitrogen and oxygen atoms in total. The van der Waals surface area contributed by atoms with Crippen LogP contribution >= 0.6 is 0 Å². The van der Waals surface area contributed by atoms with Gasteiger partial charge in [0.1, 0.15) is 5.76 Å². The van der Waals surface area contributed by atoms with E-state index in [1.807, 2.05) is 20.8 Å². The van der Waals surface area contributed by atoms with Gasteiger partial charge in [0.2, 0.25) is 0 Å². The molecule has 0 aromatic carbocycles. The van der Waals surface area contributed by atoms with Crippen LogP contribution in [-0.4, -0.2) is 40.5 Å². The van der Waals surface area contributed by atoms with Gasteiger partial charge >= 0.3 is 6.03 Å². The topological polar surface area (TPSA) is 69.8 Å². The van der Waals surface area contributed by atoms with Crippen molar-refractivity contribution in [3.05, 3.63) is 24.5 Å². The molecule has 0 radical (unpaired) electrons. The predicted molar refractivity (Wildman–Crippen MR) is 75.4 cm³/mol. The summed E-state index contributed by atoms with van der Waals surface area (Å²) < 4.78 is 5.27. The van der Waals surface area contributed by atoms with E-state index in [4.69, 9.17) is 4.52 Å². The molecular formula is C14H21N3O3. The van der Waals surface area contributed by atoms with Crippen molar-refractivity contribution in [2.45, 2.75) is 44.9 Å². The van der Waals surface area contributed by atoms with Gasteiger partial charge in [0.15, 0.2) is 12.0 Å². The fraction of sp³-hybridized carbons (Fsp3) is 0.571. The Morgan fingerprint density at radius 1 is 1.55 bits per heavy atom. The fourth-order valence-corrected chi connectivity index (χ4v) is 2.21. The SMILES string of the molecule is C=CCC1C(O)N(c2cc(C(C)(C)C)on2)C(=O)N1C. The lowest BCUT2D eigenvalue weighted by Crippen LogP contribution is -2.36. The van der Waals surface area contributed by atoms with Gasteiger partial charge in [0.05, 0.1) is 6.04 Å². The molecule has 1 aromatic heterocycles. The molecule has 2 amide bonds. The molecule has 2 unspecified atom stereocenters. The van der Waals surface area contributed by atoms with E-state index >= 15 is 0 Å². The molecule has 2 atom stereocenters. The molecule has 1 N–H and O–H groups in total. The second-order valence-electron chi connectivity index (χ2n) is 6.07. The number of urea groups is 1. The molecule has 0 bridgehead atoms. The average Bonchev–Trinajstić information content (AvgIpc) is 2.90. The van der Waals surface area contributed by atoms with Crippen LogP contribution in [0.15, 0.2) is 23.2 Å². The summed E-state index contributed by atoms with van der Waals surface area (Å²) >= 11 is 0. The summed E-state index contributed by atoms with van der Waals surface area (Å²) in [4.78, 5) is 15.0. The second kappa shape index (κ2) is 4.94. The predicted octanol–water partition coefficient (Wildman–Crippen LogP) is 2.11. The Bertz CT molecular complexity index is 518. The molecule has 0 spiro atoms. The van der Waals surface area contributed by atoms with E-state index in [2.05, 4.69) is 11.7 Å². The van der Waals surface area contributed by atoms with E-state index in [9.17, 15) is 9.90 Å². The summed E-state index contributed by atoms with van der Waals surface area (Å²) in [6.45, 7) is 9.63. The zero-order chi connectivity index (χ0) is 15.1. The number of hydrogen-bond acceptors (Lipinski definition) is 4. The van der Waals surface area contributed by atoms with Gasteiger partial charge in [0, 0.05) is 18.5 Å². The van der Waals surface area contributed by atoms with E-state index in [1.54, 1.807) is 19.2 Å². The van der Waals surface area contributed by atoms with Crippen molar-refractivity contribution in [1.29, 1.82) is 0 Å². The highest BCUT2D eigenvalue weighted by Gasteiger charge is 2.44. The van der Waals surface area contributed by atoms with Crippen LogP contribution in [0.1, 0.15) is 33.0 Å². The van der Waals surface area contributed by atoms with Gasteiger partial charge in [-0.05, 0) is 6.42 Å². The van der Waals surface area contributed by atoms with Crippen molar-refractivity contribution in [3.63, 3.8) is 0 Å². The second-order valence-corrected chi connectivity index (χ2v) is 6.07. The summed E-state index contributed by atoms with van der Waals surface area (Å²) in [5, 5.41) is 14.2. The molecular weight excluding hydrogens is 258 g/mol. The number of nitrogens with zero attached hydrogens (tertiary/aromatic N) is 3. The zero-order valence-electron chi connectivity index (χ0n) is 12.3. The zero-order valence-corrected chi connectivity index (χ0v) is 12.3. The highest BCUT2D eigenvalue weighted by molar-refractivity contribution is 5.94. The number of likely N-dealkylation sites (N-methyl/N-ethyl adjacent to an activating group) is 1. The van der Waals surface area contributed by atoms with Gasteiger partial charge in [-0.25, -0.2) is 9.69 Å². The molecule has 1 aromatic rings. The number of anilines is 1. The Morgan fingerprint density at radius 2 is 2.20 bits per heavy atom. The van der Waals surface area contributed by atoms with E-state index in [0.29, 0.717) is 18.0 Å². The first-order valence-corrected chi connectivity index (χ1v) is 6.59. The Kier molecular flexibility index (Phi) is 3.60. The van der Waals surface area contributed by atoms with Crippen LogP contribution in [0.2, 0.25) is 0 Å². The maximum Gasteiger partial charge on any atom is 0.328 e. The van der Waals surface area contributed by atoms with Crippen LogP contribution in [0, 0.1) is 0 Å². The summed E-state index contributed by atoms with van der Waals surface area (Å²) in [6.07, 6.45) is 1.25. The molecule has 20 heavy (non-hydrogen) atoms. The van der Waals surface area contributed by atoms with Crippen molar-refractivity contribution >= 4 is 11.8 Å². The molecule has 0 aliphatic carbocycles. The third-order valence-corrected chi connectivity index (χ3v) is 3.51. The van der Waals surface area contributed by atoms with Crippen LogP contribution in [0.4, 0.5) is 10.6 Å². The number of carbonyl (C=O) groups excluding carboxylic acids is 1. The van der Waals surface area contributed by atoms with Crippen molar-refractivity contribution in [2.24, 2.45) is 0 Å². The monoisotopic (exact) mass is 279 g/mol.